The Kier molecular flexibility index (Phi) is 4.20. The number of aryl methyl sites for hydroxylation is 2. The summed E-state index contributed by atoms with van der Waals surface area (Å²) in [7, 11) is 1.90. The minimum atomic E-state index is 0.180. The van der Waals surface area contributed by atoms with Gasteiger partial charge < -0.3 is 4.74 Å². The van der Waals surface area contributed by atoms with E-state index in [9.17, 15) is 0 Å². The molecular weight excluding hydrogens is 358 g/mol. The van der Waals surface area contributed by atoms with E-state index in [-0.39, 0.29) is 5.41 Å². The molecule has 4 aromatic rings. The van der Waals surface area contributed by atoms with E-state index >= 15 is 0 Å². The minimum Gasteiger partial charge on any atom is -0.456 e. The zero-order valence-electron chi connectivity index (χ0n) is 16.7. The van der Waals surface area contributed by atoms with Crippen LogP contribution in [0.4, 0.5) is 0 Å². The van der Waals surface area contributed by atoms with E-state index in [1.165, 1.54) is 29.5 Å². The van der Waals surface area contributed by atoms with E-state index in [2.05, 4.69) is 65.5 Å². The van der Waals surface area contributed by atoms with E-state index in [0.717, 1.165) is 22.8 Å². The average molecular weight is 381 g/mol. The van der Waals surface area contributed by atoms with Crippen molar-refractivity contribution >= 4 is 0 Å². The van der Waals surface area contributed by atoms with Gasteiger partial charge in [0.05, 0.1) is 18.1 Å². The Morgan fingerprint density at radius 2 is 1.48 bits per heavy atom. The number of rotatable bonds is 5. The molecule has 4 heteroatoms. The molecule has 1 aliphatic carbocycles. The predicted octanol–water partition coefficient (Wildman–Crippen LogP) is 5.66. The summed E-state index contributed by atoms with van der Waals surface area (Å²) in [6.45, 7) is 2.13. The van der Waals surface area contributed by atoms with Gasteiger partial charge in [-0.3, -0.25) is 9.67 Å². The van der Waals surface area contributed by atoms with Gasteiger partial charge in [0.25, 0.3) is 0 Å². The van der Waals surface area contributed by atoms with Crippen LogP contribution in [0.3, 0.4) is 0 Å². The maximum Gasteiger partial charge on any atom is 0.145 e. The summed E-state index contributed by atoms with van der Waals surface area (Å²) in [5, 5.41) is 4.19. The zero-order chi connectivity index (χ0) is 19.8. The minimum absolute atomic E-state index is 0.180. The molecule has 0 radical (unpaired) electrons. The molecule has 2 aromatic carbocycles. The fraction of sp³-hybridized carbons (Fsp3) is 0.200. The molecule has 5 rings (SSSR count). The van der Waals surface area contributed by atoms with E-state index in [4.69, 9.17) is 4.74 Å². The van der Waals surface area contributed by atoms with Gasteiger partial charge in [-0.1, -0.05) is 42.0 Å². The maximum atomic E-state index is 6.00. The third kappa shape index (κ3) is 3.42. The number of nitrogens with zero attached hydrogens (tertiary/aromatic N) is 3. The molecule has 1 aliphatic rings. The topological polar surface area (TPSA) is 39.9 Å². The highest BCUT2D eigenvalue weighted by atomic mass is 16.5. The van der Waals surface area contributed by atoms with Crippen LogP contribution in [0.25, 0.3) is 11.3 Å². The van der Waals surface area contributed by atoms with E-state index in [0.29, 0.717) is 0 Å². The molecule has 2 aromatic heterocycles. The number of pyridine rings is 1. The maximum absolute atomic E-state index is 6.00. The van der Waals surface area contributed by atoms with Gasteiger partial charge in [0.15, 0.2) is 0 Å². The number of ether oxygens (including phenoxy) is 1. The molecule has 0 saturated heterocycles. The Labute approximate surface area is 170 Å². The molecule has 0 aliphatic heterocycles. The van der Waals surface area contributed by atoms with Gasteiger partial charge in [0.1, 0.15) is 11.5 Å². The fourth-order valence-corrected chi connectivity index (χ4v) is 3.88. The lowest BCUT2D eigenvalue weighted by Gasteiger charge is -2.17. The van der Waals surface area contributed by atoms with Crippen LogP contribution in [0.15, 0.2) is 79.3 Å². The summed E-state index contributed by atoms with van der Waals surface area (Å²) in [5.74, 6) is 1.55. The Hall–Kier alpha value is -3.40. The van der Waals surface area contributed by atoms with Crippen molar-refractivity contribution in [2.45, 2.75) is 25.2 Å². The van der Waals surface area contributed by atoms with Gasteiger partial charge in [-0.15, -0.1) is 0 Å². The van der Waals surface area contributed by atoms with Crippen LogP contribution in [-0.4, -0.2) is 14.8 Å². The lowest BCUT2D eigenvalue weighted by Crippen LogP contribution is -2.08. The quantitative estimate of drug-likeness (QED) is 0.448. The second-order valence-electron chi connectivity index (χ2n) is 7.86. The van der Waals surface area contributed by atoms with Crippen molar-refractivity contribution in [2.24, 2.45) is 7.05 Å². The number of benzene rings is 2. The molecule has 1 saturated carbocycles. The Balaban J connectivity index is 1.31. The van der Waals surface area contributed by atoms with Crippen LogP contribution >= 0.6 is 0 Å². The van der Waals surface area contributed by atoms with Crippen LogP contribution < -0.4 is 4.74 Å². The molecule has 1 fully saturated rings. The van der Waals surface area contributed by atoms with Gasteiger partial charge in [-0.05, 0) is 55.2 Å². The summed E-state index contributed by atoms with van der Waals surface area (Å²) < 4.78 is 7.77. The first kappa shape index (κ1) is 17.7. The van der Waals surface area contributed by atoms with Crippen LogP contribution in [-0.2, 0) is 12.5 Å². The smallest absolute Gasteiger partial charge is 0.145 e. The molecular formula is C25H23N3O. The average Bonchev–Trinajstić information content (AvgIpc) is 3.44. The van der Waals surface area contributed by atoms with E-state index < -0.39 is 0 Å². The summed E-state index contributed by atoms with van der Waals surface area (Å²) >= 11 is 0. The number of hydrogen-bond acceptors (Lipinski definition) is 3. The van der Waals surface area contributed by atoms with Gasteiger partial charge in [0, 0.05) is 24.2 Å². The predicted molar refractivity (Wildman–Crippen MR) is 114 cm³/mol. The Bertz CT molecular complexity index is 1120. The van der Waals surface area contributed by atoms with E-state index in [1.54, 1.807) is 10.9 Å². The molecule has 2 heterocycles. The van der Waals surface area contributed by atoms with Crippen LogP contribution in [0.1, 0.15) is 29.5 Å². The first-order valence-corrected chi connectivity index (χ1v) is 9.93. The lowest BCUT2D eigenvalue weighted by atomic mass is 9.88. The highest BCUT2D eigenvalue weighted by Crippen LogP contribution is 2.53. The molecule has 144 valence electrons. The Morgan fingerprint density at radius 3 is 2.03 bits per heavy atom. The first-order valence-electron chi connectivity index (χ1n) is 9.93. The second-order valence-corrected chi connectivity index (χ2v) is 7.86. The first-order chi connectivity index (χ1) is 14.1. The lowest BCUT2D eigenvalue weighted by molar-refractivity contribution is 0.480. The van der Waals surface area contributed by atoms with Gasteiger partial charge in [-0.2, -0.15) is 5.10 Å². The summed E-state index contributed by atoms with van der Waals surface area (Å²) in [6.07, 6.45) is 7.92. The number of aromatic nitrogens is 3. The van der Waals surface area contributed by atoms with Crippen LogP contribution in [0.2, 0.25) is 0 Å². The molecule has 29 heavy (non-hydrogen) atoms. The van der Waals surface area contributed by atoms with Crippen molar-refractivity contribution in [3.8, 4) is 22.8 Å². The molecule has 0 atom stereocenters. The highest BCUT2D eigenvalue weighted by Gasteiger charge is 2.45. The second kappa shape index (κ2) is 6.89. The van der Waals surface area contributed by atoms with Crippen molar-refractivity contribution in [3.63, 3.8) is 0 Å². The summed E-state index contributed by atoms with van der Waals surface area (Å²) in [5.41, 5.74) is 6.13. The van der Waals surface area contributed by atoms with Crippen molar-refractivity contribution in [1.82, 2.24) is 14.8 Å². The molecule has 0 N–H and O–H groups in total. The highest BCUT2D eigenvalue weighted by molar-refractivity contribution is 5.57. The van der Waals surface area contributed by atoms with Gasteiger partial charge in [0.2, 0.25) is 0 Å². The third-order valence-corrected chi connectivity index (χ3v) is 5.73. The van der Waals surface area contributed by atoms with Crippen molar-refractivity contribution in [3.05, 3.63) is 95.9 Å². The molecule has 0 bridgehead atoms. The van der Waals surface area contributed by atoms with Gasteiger partial charge in [-0.25, -0.2) is 0 Å². The van der Waals surface area contributed by atoms with E-state index in [1.807, 2.05) is 31.6 Å². The summed E-state index contributed by atoms with van der Waals surface area (Å²) in [6, 6.07) is 21.3. The molecule has 0 spiro atoms. The molecule has 4 nitrogen and oxygen atoms in total. The SMILES string of the molecule is Cc1ccc(C2(c3ccc(Oc4ccc(-c5cnn(C)c5)nc4)cc3)CC2)cc1. The largest absolute Gasteiger partial charge is 0.456 e. The van der Waals surface area contributed by atoms with Crippen LogP contribution in [0.5, 0.6) is 11.5 Å². The zero-order valence-corrected chi connectivity index (χ0v) is 16.7. The van der Waals surface area contributed by atoms with Crippen molar-refractivity contribution < 1.29 is 4.74 Å². The fourth-order valence-electron chi connectivity index (χ4n) is 3.88. The number of hydrogen-bond donors (Lipinski definition) is 0. The third-order valence-electron chi connectivity index (χ3n) is 5.73. The Morgan fingerprint density at radius 1 is 0.828 bits per heavy atom. The normalized spacial score (nSPS) is 14.6. The van der Waals surface area contributed by atoms with Gasteiger partial charge >= 0.3 is 0 Å². The van der Waals surface area contributed by atoms with Crippen molar-refractivity contribution in [1.29, 1.82) is 0 Å². The standard InChI is InChI=1S/C25H23N3O/c1-18-3-5-20(6-4-18)25(13-14-25)21-7-9-22(10-8-21)29-23-11-12-24(26-16-23)19-15-27-28(2)17-19/h3-12,15-17H,13-14H2,1-2H3. The molecule has 0 amide bonds. The van der Waals surface area contributed by atoms with Crippen molar-refractivity contribution in [2.75, 3.05) is 0 Å². The monoisotopic (exact) mass is 381 g/mol. The molecule has 0 unspecified atom stereocenters. The summed E-state index contributed by atoms with van der Waals surface area (Å²) in [4.78, 5) is 4.49. The van der Waals surface area contributed by atoms with Crippen LogP contribution in [0, 0.1) is 6.92 Å².